The van der Waals surface area contributed by atoms with Crippen LogP contribution in [0.2, 0.25) is 5.02 Å². The minimum Gasteiger partial charge on any atom is -0.418 e. The van der Waals surface area contributed by atoms with Crippen LogP contribution in [0, 0.1) is 6.92 Å². The van der Waals surface area contributed by atoms with Crippen molar-refractivity contribution < 1.29 is 4.42 Å². The summed E-state index contributed by atoms with van der Waals surface area (Å²) >= 11 is 6.27. The fourth-order valence-electron chi connectivity index (χ4n) is 2.84. The van der Waals surface area contributed by atoms with E-state index in [0.717, 1.165) is 16.8 Å². The molecule has 1 aromatic heterocycles. The molecule has 4 aromatic rings. The summed E-state index contributed by atoms with van der Waals surface area (Å²) in [6.07, 6.45) is 0. The van der Waals surface area contributed by atoms with E-state index in [9.17, 15) is 0 Å². The second kappa shape index (κ2) is 7.64. The summed E-state index contributed by atoms with van der Waals surface area (Å²) in [6, 6.07) is 25.4. The lowest BCUT2D eigenvalue weighted by atomic mass is 10.1. The molecule has 5 heteroatoms. The maximum absolute atomic E-state index is 6.27. The van der Waals surface area contributed by atoms with Crippen molar-refractivity contribution in [3.8, 4) is 11.5 Å². The topological polar surface area (TPSA) is 51.0 Å². The molecule has 0 aliphatic heterocycles. The van der Waals surface area contributed by atoms with Crippen LogP contribution in [0.5, 0.6) is 0 Å². The summed E-state index contributed by atoms with van der Waals surface area (Å²) < 4.78 is 5.99. The lowest BCUT2D eigenvalue weighted by molar-refractivity contribution is 0.494. The van der Waals surface area contributed by atoms with Gasteiger partial charge in [0, 0.05) is 5.69 Å². The van der Waals surface area contributed by atoms with Crippen LogP contribution in [-0.4, -0.2) is 10.2 Å². The Labute approximate surface area is 162 Å². The van der Waals surface area contributed by atoms with Gasteiger partial charge >= 0.3 is 0 Å². The molecular formula is C22H18ClN3O. The highest BCUT2D eigenvalue weighted by atomic mass is 35.5. The van der Waals surface area contributed by atoms with E-state index < -0.39 is 0 Å². The molecule has 1 atom stereocenters. The maximum atomic E-state index is 6.27. The van der Waals surface area contributed by atoms with Gasteiger partial charge in [0.05, 0.1) is 10.6 Å². The predicted molar refractivity (Wildman–Crippen MR) is 108 cm³/mol. The Balaban J connectivity index is 1.71. The molecule has 0 aliphatic rings. The van der Waals surface area contributed by atoms with Crippen molar-refractivity contribution in [2.24, 2.45) is 0 Å². The Kier molecular flexibility index (Phi) is 4.90. The zero-order valence-corrected chi connectivity index (χ0v) is 15.5. The summed E-state index contributed by atoms with van der Waals surface area (Å²) in [6.45, 7) is 2.06. The van der Waals surface area contributed by atoms with Crippen LogP contribution in [0.25, 0.3) is 11.5 Å². The molecule has 1 heterocycles. The Morgan fingerprint density at radius 1 is 0.852 bits per heavy atom. The fourth-order valence-corrected chi connectivity index (χ4v) is 3.06. The highest BCUT2D eigenvalue weighted by Gasteiger charge is 2.22. The van der Waals surface area contributed by atoms with Crippen LogP contribution >= 0.6 is 11.6 Å². The zero-order valence-electron chi connectivity index (χ0n) is 14.8. The number of halogens is 1. The van der Waals surface area contributed by atoms with Crippen LogP contribution in [-0.2, 0) is 0 Å². The number of aryl methyl sites for hydroxylation is 1. The van der Waals surface area contributed by atoms with Gasteiger partial charge in [0.2, 0.25) is 11.8 Å². The predicted octanol–water partition coefficient (Wildman–Crippen LogP) is 5.90. The van der Waals surface area contributed by atoms with Gasteiger partial charge in [0.25, 0.3) is 0 Å². The van der Waals surface area contributed by atoms with Gasteiger partial charge in [0.1, 0.15) is 6.04 Å². The number of nitrogens with one attached hydrogen (secondary N) is 1. The third-order valence-corrected chi connectivity index (χ3v) is 4.62. The van der Waals surface area contributed by atoms with E-state index in [2.05, 4.69) is 34.6 Å². The second-order valence-electron chi connectivity index (χ2n) is 6.28. The number of aromatic nitrogens is 2. The average Bonchev–Trinajstić information content (AvgIpc) is 3.18. The molecule has 4 rings (SSSR count). The molecule has 0 bridgehead atoms. The van der Waals surface area contributed by atoms with Crippen LogP contribution in [0.3, 0.4) is 0 Å². The van der Waals surface area contributed by atoms with Gasteiger partial charge in [-0.25, -0.2) is 0 Å². The number of anilines is 1. The Bertz CT molecular complexity index is 1030. The number of hydrogen-bond acceptors (Lipinski definition) is 4. The third kappa shape index (κ3) is 3.86. The summed E-state index contributed by atoms with van der Waals surface area (Å²) in [7, 11) is 0. The monoisotopic (exact) mass is 375 g/mol. The van der Waals surface area contributed by atoms with E-state index in [1.165, 1.54) is 5.56 Å². The molecule has 1 N–H and O–H groups in total. The zero-order chi connectivity index (χ0) is 18.6. The molecule has 0 unspecified atom stereocenters. The largest absolute Gasteiger partial charge is 0.418 e. The number of rotatable bonds is 5. The van der Waals surface area contributed by atoms with Crippen molar-refractivity contribution in [2.75, 3.05) is 5.32 Å². The minimum absolute atomic E-state index is 0.266. The lowest BCUT2D eigenvalue weighted by Crippen LogP contribution is -2.12. The SMILES string of the molecule is Cc1ccc(N[C@@H](c2ccccc2)c2nnc(-c3ccccc3Cl)o2)cc1. The van der Waals surface area contributed by atoms with E-state index in [4.69, 9.17) is 16.0 Å². The lowest BCUT2D eigenvalue weighted by Gasteiger charge is -2.17. The first-order valence-electron chi connectivity index (χ1n) is 8.67. The molecule has 0 saturated carbocycles. The van der Waals surface area contributed by atoms with Crippen LogP contribution in [0.4, 0.5) is 5.69 Å². The second-order valence-corrected chi connectivity index (χ2v) is 6.69. The van der Waals surface area contributed by atoms with E-state index in [-0.39, 0.29) is 6.04 Å². The van der Waals surface area contributed by atoms with Gasteiger partial charge in [-0.05, 0) is 36.8 Å². The smallest absolute Gasteiger partial charge is 0.249 e. The number of benzene rings is 3. The summed E-state index contributed by atoms with van der Waals surface area (Å²) in [4.78, 5) is 0. The number of hydrogen-bond donors (Lipinski definition) is 1. The molecule has 0 amide bonds. The van der Waals surface area contributed by atoms with E-state index in [0.29, 0.717) is 16.8 Å². The standard InChI is InChI=1S/C22H18ClN3O/c1-15-11-13-17(14-12-15)24-20(16-7-3-2-4-8-16)22-26-25-21(27-22)18-9-5-6-10-19(18)23/h2-14,20,24H,1H3/t20-/m0/s1. The summed E-state index contributed by atoms with van der Waals surface area (Å²) in [5.74, 6) is 0.888. The van der Waals surface area contributed by atoms with Gasteiger partial charge in [0.15, 0.2) is 0 Å². The van der Waals surface area contributed by atoms with Gasteiger partial charge in [-0.3, -0.25) is 0 Å². The first-order valence-corrected chi connectivity index (χ1v) is 9.05. The van der Waals surface area contributed by atoms with E-state index in [1.807, 2.05) is 60.7 Å². The van der Waals surface area contributed by atoms with Gasteiger partial charge in [-0.2, -0.15) is 0 Å². The van der Waals surface area contributed by atoms with Crippen LogP contribution in [0.1, 0.15) is 23.1 Å². The van der Waals surface area contributed by atoms with Crippen molar-refractivity contribution >= 4 is 17.3 Å². The minimum atomic E-state index is -0.266. The molecule has 0 spiro atoms. The molecule has 0 fully saturated rings. The molecule has 4 nitrogen and oxygen atoms in total. The Hall–Kier alpha value is -3.11. The molecule has 0 radical (unpaired) electrons. The molecule has 3 aromatic carbocycles. The van der Waals surface area contributed by atoms with Gasteiger partial charge in [-0.1, -0.05) is 71.8 Å². The molecule has 0 aliphatic carbocycles. The highest BCUT2D eigenvalue weighted by molar-refractivity contribution is 6.33. The summed E-state index contributed by atoms with van der Waals surface area (Å²) in [5.41, 5.74) is 3.94. The van der Waals surface area contributed by atoms with Crippen molar-refractivity contribution in [1.82, 2.24) is 10.2 Å². The van der Waals surface area contributed by atoms with Gasteiger partial charge < -0.3 is 9.73 Å². The maximum Gasteiger partial charge on any atom is 0.249 e. The van der Waals surface area contributed by atoms with Crippen molar-refractivity contribution in [1.29, 1.82) is 0 Å². The average molecular weight is 376 g/mol. The fraction of sp³-hybridized carbons (Fsp3) is 0.0909. The van der Waals surface area contributed by atoms with Crippen molar-refractivity contribution in [2.45, 2.75) is 13.0 Å². The van der Waals surface area contributed by atoms with Crippen molar-refractivity contribution in [3.05, 3.63) is 101 Å². The Morgan fingerprint density at radius 3 is 2.30 bits per heavy atom. The van der Waals surface area contributed by atoms with E-state index >= 15 is 0 Å². The first kappa shape index (κ1) is 17.3. The van der Waals surface area contributed by atoms with E-state index in [1.54, 1.807) is 6.07 Å². The number of nitrogens with zero attached hydrogens (tertiary/aromatic N) is 2. The van der Waals surface area contributed by atoms with Crippen LogP contribution in [0.15, 0.2) is 83.3 Å². The molecule has 134 valence electrons. The highest BCUT2D eigenvalue weighted by Crippen LogP contribution is 2.31. The van der Waals surface area contributed by atoms with Gasteiger partial charge in [-0.15, -0.1) is 10.2 Å². The quantitative estimate of drug-likeness (QED) is 0.471. The molecular weight excluding hydrogens is 358 g/mol. The summed E-state index contributed by atoms with van der Waals surface area (Å²) in [5, 5.41) is 12.6. The molecule has 0 saturated heterocycles. The van der Waals surface area contributed by atoms with Crippen molar-refractivity contribution in [3.63, 3.8) is 0 Å². The Morgan fingerprint density at radius 2 is 1.56 bits per heavy atom. The normalized spacial score (nSPS) is 11.9. The molecule has 27 heavy (non-hydrogen) atoms. The van der Waals surface area contributed by atoms with Crippen LogP contribution < -0.4 is 5.32 Å². The first-order chi connectivity index (χ1) is 13.2. The third-order valence-electron chi connectivity index (χ3n) is 4.29.